The maximum atomic E-state index is 13.5. The molecule has 0 unspecified atom stereocenters. The number of fused-ring (bicyclic) bond motifs is 1. The van der Waals surface area contributed by atoms with Gasteiger partial charge in [-0.25, -0.2) is 4.79 Å². The predicted octanol–water partition coefficient (Wildman–Crippen LogP) is 4.01. The van der Waals surface area contributed by atoms with E-state index in [0.29, 0.717) is 0 Å². The average molecular weight is 511 g/mol. The van der Waals surface area contributed by atoms with Gasteiger partial charge < -0.3 is 15.8 Å². The standard InChI is InChI=1S/C25H16Cl2N2O6/c26-16-10-9-12(11-17(16)27)20(30)19(22-13-5-1-2-6-14(13)25(34)35-22)21(31)24(33)29-18-8-4-3-7-15(18)23(28)32/h1-11,19,22H,(H2,28,32)(H,29,33)/t19-,22+/m1/s1. The Balaban J connectivity index is 1.74. The minimum atomic E-state index is -1.74. The lowest BCUT2D eigenvalue weighted by Crippen LogP contribution is -2.38. The van der Waals surface area contributed by atoms with Crippen LogP contribution >= 0.6 is 23.2 Å². The molecule has 0 aliphatic carbocycles. The first-order valence-corrected chi connectivity index (χ1v) is 11.0. The summed E-state index contributed by atoms with van der Waals surface area (Å²) in [5.41, 5.74) is 5.75. The molecule has 0 radical (unpaired) electrons. The summed E-state index contributed by atoms with van der Waals surface area (Å²) in [6.45, 7) is 0. The van der Waals surface area contributed by atoms with Crippen LogP contribution in [0.2, 0.25) is 10.0 Å². The maximum Gasteiger partial charge on any atom is 0.339 e. The molecule has 8 nitrogen and oxygen atoms in total. The van der Waals surface area contributed by atoms with Crippen LogP contribution in [0.15, 0.2) is 66.7 Å². The number of benzene rings is 3. The number of hydrogen-bond acceptors (Lipinski definition) is 6. The van der Waals surface area contributed by atoms with E-state index in [1.807, 2.05) is 0 Å². The Morgan fingerprint density at radius 1 is 0.914 bits per heavy atom. The molecule has 0 bridgehead atoms. The molecule has 0 spiro atoms. The first kappa shape index (κ1) is 24.1. The van der Waals surface area contributed by atoms with E-state index in [2.05, 4.69) is 5.32 Å². The molecule has 3 aromatic carbocycles. The van der Waals surface area contributed by atoms with Gasteiger partial charge in [0.25, 0.3) is 11.8 Å². The quantitative estimate of drug-likeness (QED) is 0.213. The monoisotopic (exact) mass is 510 g/mol. The van der Waals surface area contributed by atoms with Gasteiger partial charge in [-0.3, -0.25) is 19.2 Å². The second-order valence-electron chi connectivity index (χ2n) is 7.61. The van der Waals surface area contributed by atoms with Gasteiger partial charge in [-0.15, -0.1) is 0 Å². The lowest BCUT2D eigenvalue weighted by molar-refractivity contribution is -0.138. The Morgan fingerprint density at radius 3 is 2.31 bits per heavy atom. The first-order chi connectivity index (χ1) is 16.7. The van der Waals surface area contributed by atoms with Crippen molar-refractivity contribution in [3.63, 3.8) is 0 Å². The van der Waals surface area contributed by atoms with Gasteiger partial charge >= 0.3 is 5.97 Å². The van der Waals surface area contributed by atoms with Crippen molar-refractivity contribution < 1.29 is 28.7 Å². The number of anilines is 1. The van der Waals surface area contributed by atoms with Crippen LogP contribution in [0.3, 0.4) is 0 Å². The molecule has 3 aromatic rings. The van der Waals surface area contributed by atoms with Crippen LogP contribution in [0, 0.1) is 5.92 Å². The second-order valence-corrected chi connectivity index (χ2v) is 8.43. The number of amides is 2. The zero-order chi connectivity index (χ0) is 25.3. The van der Waals surface area contributed by atoms with E-state index >= 15 is 0 Å². The molecule has 0 aromatic heterocycles. The number of halogens is 2. The number of carbonyl (C=O) groups excluding carboxylic acids is 5. The van der Waals surface area contributed by atoms with Crippen molar-refractivity contribution in [1.29, 1.82) is 0 Å². The first-order valence-electron chi connectivity index (χ1n) is 10.2. The third kappa shape index (κ3) is 4.66. The molecule has 10 heteroatoms. The van der Waals surface area contributed by atoms with E-state index in [0.717, 1.165) is 0 Å². The van der Waals surface area contributed by atoms with Crippen LogP contribution in [0.4, 0.5) is 5.69 Å². The van der Waals surface area contributed by atoms with E-state index < -0.39 is 41.4 Å². The SMILES string of the molecule is NC(=O)c1ccccc1NC(=O)C(=O)[C@@H](C(=O)c1ccc(Cl)c(Cl)c1)[C@H]1OC(=O)c2ccccc21. The van der Waals surface area contributed by atoms with Gasteiger partial charge in [-0.2, -0.15) is 0 Å². The summed E-state index contributed by atoms with van der Waals surface area (Å²) in [4.78, 5) is 64.0. The summed E-state index contributed by atoms with van der Waals surface area (Å²) in [6, 6.07) is 16.0. The number of hydrogen-bond donors (Lipinski definition) is 2. The zero-order valence-corrected chi connectivity index (χ0v) is 19.3. The van der Waals surface area contributed by atoms with Crippen LogP contribution in [-0.4, -0.2) is 29.4 Å². The molecule has 0 saturated heterocycles. The van der Waals surface area contributed by atoms with Gasteiger partial charge in [0.1, 0.15) is 12.0 Å². The molecular weight excluding hydrogens is 495 g/mol. The number of primary amides is 1. The van der Waals surface area contributed by atoms with Gasteiger partial charge in [0.2, 0.25) is 5.78 Å². The molecule has 0 saturated carbocycles. The van der Waals surface area contributed by atoms with Crippen LogP contribution < -0.4 is 11.1 Å². The van der Waals surface area contributed by atoms with Crippen molar-refractivity contribution >= 4 is 58.2 Å². The van der Waals surface area contributed by atoms with Gasteiger partial charge in [0.05, 0.1) is 26.9 Å². The molecule has 2 atom stereocenters. The molecule has 35 heavy (non-hydrogen) atoms. The summed E-state index contributed by atoms with van der Waals surface area (Å²) in [6.07, 6.45) is -1.36. The number of nitrogens with one attached hydrogen (secondary N) is 1. The lowest BCUT2D eigenvalue weighted by Gasteiger charge is -2.21. The third-order valence-electron chi connectivity index (χ3n) is 5.46. The molecule has 1 heterocycles. The van der Waals surface area contributed by atoms with E-state index in [4.69, 9.17) is 33.7 Å². The van der Waals surface area contributed by atoms with Crippen molar-refractivity contribution in [2.75, 3.05) is 5.32 Å². The number of carbonyl (C=O) groups is 5. The summed E-state index contributed by atoms with van der Waals surface area (Å²) in [7, 11) is 0. The van der Waals surface area contributed by atoms with Crippen molar-refractivity contribution in [1.82, 2.24) is 0 Å². The van der Waals surface area contributed by atoms with Crippen molar-refractivity contribution in [3.8, 4) is 0 Å². The molecule has 176 valence electrons. The lowest BCUT2D eigenvalue weighted by atomic mass is 9.84. The molecule has 1 aliphatic heterocycles. The Hall–Kier alpha value is -4.01. The zero-order valence-electron chi connectivity index (χ0n) is 17.8. The number of para-hydroxylation sites is 1. The summed E-state index contributed by atoms with van der Waals surface area (Å²) in [5.74, 6) is -6.48. The molecule has 2 amide bonds. The fraction of sp³-hybridized carbons (Fsp3) is 0.0800. The fourth-order valence-corrected chi connectivity index (χ4v) is 4.07. The largest absolute Gasteiger partial charge is 0.453 e. The van der Waals surface area contributed by atoms with Crippen LogP contribution in [0.5, 0.6) is 0 Å². The van der Waals surface area contributed by atoms with E-state index in [-0.39, 0.29) is 38.0 Å². The molecular formula is C25H16Cl2N2O6. The number of ether oxygens (including phenoxy) is 1. The topological polar surface area (TPSA) is 133 Å². The maximum absolute atomic E-state index is 13.5. The van der Waals surface area contributed by atoms with Crippen molar-refractivity contribution in [2.24, 2.45) is 11.7 Å². The van der Waals surface area contributed by atoms with Gasteiger partial charge in [-0.1, -0.05) is 53.5 Å². The molecule has 3 N–H and O–H groups in total. The Morgan fingerprint density at radius 2 is 1.60 bits per heavy atom. The van der Waals surface area contributed by atoms with E-state index in [1.165, 1.54) is 54.6 Å². The molecule has 1 aliphatic rings. The smallest absolute Gasteiger partial charge is 0.339 e. The average Bonchev–Trinajstić information content (AvgIpc) is 3.17. The molecule has 0 fully saturated rings. The van der Waals surface area contributed by atoms with Crippen molar-refractivity contribution in [3.05, 3.63) is 99.0 Å². The van der Waals surface area contributed by atoms with Crippen molar-refractivity contribution in [2.45, 2.75) is 6.10 Å². The Kier molecular flexibility index (Phi) is 6.68. The highest BCUT2D eigenvalue weighted by Crippen LogP contribution is 2.38. The number of nitrogens with two attached hydrogens (primary N) is 1. The Bertz CT molecular complexity index is 1400. The van der Waals surface area contributed by atoms with Crippen LogP contribution in [0.1, 0.15) is 42.7 Å². The van der Waals surface area contributed by atoms with Crippen LogP contribution in [-0.2, 0) is 14.3 Å². The highest BCUT2D eigenvalue weighted by atomic mass is 35.5. The summed E-state index contributed by atoms with van der Waals surface area (Å²) >= 11 is 12.0. The summed E-state index contributed by atoms with van der Waals surface area (Å²) < 4.78 is 5.38. The molecule has 4 rings (SSSR count). The minimum Gasteiger partial charge on any atom is -0.453 e. The summed E-state index contributed by atoms with van der Waals surface area (Å²) in [5, 5.41) is 2.58. The third-order valence-corrected chi connectivity index (χ3v) is 6.20. The minimum absolute atomic E-state index is 0.0106. The Labute approximate surface area is 209 Å². The number of cyclic esters (lactones) is 1. The van der Waals surface area contributed by atoms with E-state index in [1.54, 1.807) is 12.1 Å². The van der Waals surface area contributed by atoms with E-state index in [9.17, 15) is 24.0 Å². The fourth-order valence-electron chi connectivity index (χ4n) is 3.78. The number of ketones is 2. The highest BCUT2D eigenvalue weighted by molar-refractivity contribution is 6.46. The second kappa shape index (κ2) is 9.69. The number of rotatable bonds is 7. The normalized spacial score (nSPS) is 15.0. The predicted molar refractivity (Wildman–Crippen MR) is 127 cm³/mol. The van der Waals surface area contributed by atoms with Gasteiger partial charge in [-0.05, 0) is 36.4 Å². The highest BCUT2D eigenvalue weighted by Gasteiger charge is 2.46. The number of Topliss-reactive ketones (excluding diaryl/α,β-unsaturated/α-hetero) is 2. The van der Waals surface area contributed by atoms with Crippen LogP contribution in [0.25, 0.3) is 0 Å². The number of esters is 1. The van der Waals surface area contributed by atoms with Gasteiger partial charge in [0.15, 0.2) is 5.78 Å². The van der Waals surface area contributed by atoms with Gasteiger partial charge in [0, 0.05) is 11.1 Å².